The maximum Gasteiger partial charge on any atom is 0.215 e. The van der Waals surface area contributed by atoms with Crippen molar-refractivity contribution in [1.29, 1.82) is 5.26 Å². The quantitative estimate of drug-likeness (QED) is 0.875. The standard InChI is InChI=1S/C19H24N2O3S/c1-2-25(23,24)21-17(12-20)19(18(21)13-22)16-10-8-15(9-11-16)14-6-4-3-5-7-14/h6,8-11,17-19,22H,2-5,7,13H2,1H3/t17-,18-,19-/m1/s1. The van der Waals surface area contributed by atoms with E-state index in [2.05, 4.69) is 12.1 Å². The van der Waals surface area contributed by atoms with Crippen LogP contribution < -0.4 is 0 Å². The van der Waals surface area contributed by atoms with Crippen molar-refractivity contribution in [3.05, 3.63) is 41.5 Å². The molecule has 6 heteroatoms. The molecule has 134 valence electrons. The van der Waals surface area contributed by atoms with Gasteiger partial charge in [-0.3, -0.25) is 0 Å². The van der Waals surface area contributed by atoms with Crippen molar-refractivity contribution >= 4 is 15.6 Å². The smallest absolute Gasteiger partial charge is 0.215 e. The Morgan fingerprint density at radius 3 is 2.52 bits per heavy atom. The predicted molar refractivity (Wildman–Crippen MR) is 97.2 cm³/mol. The number of benzene rings is 1. The van der Waals surface area contributed by atoms with Crippen molar-refractivity contribution in [2.75, 3.05) is 12.4 Å². The average Bonchev–Trinajstić information content (AvgIpc) is 2.63. The Bertz CT molecular complexity index is 793. The molecule has 0 radical (unpaired) electrons. The zero-order valence-corrected chi connectivity index (χ0v) is 15.2. The fraction of sp³-hybridized carbons (Fsp3) is 0.526. The Balaban J connectivity index is 1.86. The molecule has 1 N–H and O–H groups in total. The third kappa shape index (κ3) is 3.24. The lowest BCUT2D eigenvalue weighted by atomic mass is 9.78. The van der Waals surface area contributed by atoms with E-state index in [0.29, 0.717) is 0 Å². The highest BCUT2D eigenvalue weighted by Crippen LogP contribution is 2.42. The normalized spacial score (nSPS) is 27.2. The lowest BCUT2D eigenvalue weighted by Crippen LogP contribution is -2.65. The minimum atomic E-state index is -3.51. The number of hydrogen-bond acceptors (Lipinski definition) is 4. The molecular formula is C19H24N2O3S. The Kier molecular flexibility index (Phi) is 5.28. The van der Waals surface area contributed by atoms with E-state index in [1.165, 1.54) is 28.3 Å². The van der Waals surface area contributed by atoms with Crippen LogP contribution in [-0.2, 0) is 10.0 Å². The molecule has 1 aromatic carbocycles. The van der Waals surface area contributed by atoms with Gasteiger partial charge < -0.3 is 5.11 Å². The van der Waals surface area contributed by atoms with Gasteiger partial charge in [0.2, 0.25) is 10.0 Å². The van der Waals surface area contributed by atoms with Crippen LogP contribution in [0.2, 0.25) is 0 Å². The van der Waals surface area contributed by atoms with Crippen LogP contribution in [0.15, 0.2) is 30.3 Å². The van der Waals surface area contributed by atoms with Crippen LogP contribution >= 0.6 is 0 Å². The summed E-state index contributed by atoms with van der Waals surface area (Å²) in [6, 6.07) is 8.84. The second-order valence-corrected chi connectivity index (χ2v) is 8.84. The van der Waals surface area contributed by atoms with Crippen molar-refractivity contribution in [3.63, 3.8) is 0 Å². The van der Waals surface area contributed by atoms with Crippen molar-refractivity contribution in [1.82, 2.24) is 4.31 Å². The van der Waals surface area contributed by atoms with Crippen LogP contribution in [0.5, 0.6) is 0 Å². The molecule has 5 nitrogen and oxygen atoms in total. The highest BCUT2D eigenvalue weighted by molar-refractivity contribution is 7.89. The second-order valence-electron chi connectivity index (χ2n) is 6.68. The number of rotatable bonds is 5. The van der Waals surface area contributed by atoms with Gasteiger partial charge in [0.15, 0.2) is 0 Å². The fourth-order valence-electron chi connectivity index (χ4n) is 3.92. The first-order chi connectivity index (χ1) is 12.0. The summed E-state index contributed by atoms with van der Waals surface area (Å²) >= 11 is 0. The van der Waals surface area contributed by atoms with E-state index in [1.807, 2.05) is 24.3 Å². The van der Waals surface area contributed by atoms with Crippen LogP contribution in [0, 0.1) is 11.3 Å². The van der Waals surface area contributed by atoms with Gasteiger partial charge in [-0.1, -0.05) is 30.3 Å². The summed E-state index contributed by atoms with van der Waals surface area (Å²) in [5.74, 6) is -0.354. The van der Waals surface area contributed by atoms with Gasteiger partial charge in [0.1, 0.15) is 6.04 Å². The third-order valence-corrected chi connectivity index (χ3v) is 7.19. The Morgan fingerprint density at radius 1 is 1.28 bits per heavy atom. The summed E-state index contributed by atoms with van der Waals surface area (Å²) in [4.78, 5) is 0. The lowest BCUT2D eigenvalue weighted by molar-refractivity contribution is 0.0558. The number of aliphatic hydroxyl groups is 1. The molecule has 0 unspecified atom stereocenters. The summed E-state index contributed by atoms with van der Waals surface area (Å²) in [5.41, 5.74) is 3.46. The minimum Gasteiger partial charge on any atom is -0.395 e. The molecule has 1 aliphatic heterocycles. The highest BCUT2D eigenvalue weighted by atomic mass is 32.2. The molecular weight excluding hydrogens is 336 g/mol. The molecule has 3 atom stereocenters. The Hall–Kier alpha value is -1.68. The largest absolute Gasteiger partial charge is 0.395 e. The molecule has 0 amide bonds. The van der Waals surface area contributed by atoms with Crippen LogP contribution in [-0.4, -0.2) is 42.3 Å². The van der Waals surface area contributed by atoms with Crippen LogP contribution in [0.3, 0.4) is 0 Å². The highest BCUT2D eigenvalue weighted by Gasteiger charge is 2.54. The van der Waals surface area contributed by atoms with E-state index in [1.54, 1.807) is 6.92 Å². The van der Waals surface area contributed by atoms with Crippen molar-refractivity contribution in [2.45, 2.75) is 50.6 Å². The average molecular weight is 360 g/mol. The molecule has 1 aromatic rings. The number of nitriles is 1. The van der Waals surface area contributed by atoms with Gasteiger partial charge in [0, 0.05) is 5.92 Å². The number of allylic oxidation sites excluding steroid dienone is 2. The van der Waals surface area contributed by atoms with Gasteiger partial charge in [-0.2, -0.15) is 9.57 Å². The van der Waals surface area contributed by atoms with Crippen LogP contribution in [0.4, 0.5) is 0 Å². The molecule has 1 aliphatic carbocycles. The zero-order chi connectivity index (χ0) is 18.0. The minimum absolute atomic E-state index is 0.0680. The van der Waals surface area contributed by atoms with Gasteiger partial charge >= 0.3 is 0 Å². The SMILES string of the molecule is CCS(=O)(=O)N1[C@H](C#N)[C@@H](c2ccc(C3=CCCCC3)cc2)[C@H]1CO. The van der Waals surface area contributed by atoms with E-state index >= 15 is 0 Å². The molecule has 25 heavy (non-hydrogen) atoms. The first-order valence-electron chi connectivity index (χ1n) is 8.84. The van der Waals surface area contributed by atoms with E-state index in [-0.39, 0.29) is 18.3 Å². The molecule has 1 heterocycles. The molecule has 0 aromatic heterocycles. The van der Waals surface area contributed by atoms with E-state index in [0.717, 1.165) is 18.4 Å². The maximum atomic E-state index is 12.2. The third-order valence-electron chi connectivity index (χ3n) is 5.32. The summed E-state index contributed by atoms with van der Waals surface area (Å²) < 4.78 is 25.6. The van der Waals surface area contributed by atoms with Crippen molar-refractivity contribution in [3.8, 4) is 6.07 Å². The van der Waals surface area contributed by atoms with Gasteiger partial charge in [-0.15, -0.1) is 0 Å². The summed E-state index contributed by atoms with van der Waals surface area (Å²) in [5, 5.41) is 19.2. The Labute approximate surface area is 149 Å². The maximum absolute atomic E-state index is 12.2. The van der Waals surface area contributed by atoms with Gasteiger partial charge in [-0.25, -0.2) is 8.42 Å². The second kappa shape index (κ2) is 7.28. The summed E-state index contributed by atoms with van der Waals surface area (Å²) in [6.07, 6.45) is 6.95. The lowest BCUT2D eigenvalue weighted by Gasteiger charge is -2.50. The molecule has 0 saturated carbocycles. The molecule has 0 bridgehead atoms. The van der Waals surface area contributed by atoms with E-state index in [4.69, 9.17) is 0 Å². The predicted octanol–water partition coefficient (Wildman–Crippen LogP) is 2.65. The molecule has 2 aliphatic rings. The molecule has 1 fully saturated rings. The van der Waals surface area contributed by atoms with Crippen molar-refractivity contribution < 1.29 is 13.5 Å². The molecule has 3 rings (SSSR count). The van der Waals surface area contributed by atoms with Crippen molar-refractivity contribution in [2.24, 2.45) is 0 Å². The van der Waals surface area contributed by atoms with E-state index in [9.17, 15) is 18.8 Å². The van der Waals surface area contributed by atoms with Gasteiger partial charge in [0.05, 0.1) is 24.5 Å². The summed E-state index contributed by atoms with van der Waals surface area (Å²) in [7, 11) is -3.51. The topological polar surface area (TPSA) is 81.4 Å². The number of aliphatic hydroxyl groups excluding tert-OH is 1. The fourth-order valence-corrected chi connectivity index (χ4v) is 5.35. The Morgan fingerprint density at radius 2 is 2.00 bits per heavy atom. The number of sulfonamides is 1. The van der Waals surface area contributed by atoms with Gasteiger partial charge in [-0.05, 0) is 49.3 Å². The van der Waals surface area contributed by atoms with Crippen LogP contribution in [0.1, 0.15) is 49.7 Å². The number of nitrogens with zero attached hydrogens (tertiary/aromatic N) is 2. The first kappa shape index (κ1) is 18.1. The van der Waals surface area contributed by atoms with E-state index < -0.39 is 22.1 Å². The number of hydrogen-bond donors (Lipinski definition) is 1. The van der Waals surface area contributed by atoms with Gasteiger partial charge in [0.25, 0.3) is 0 Å². The molecule has 1 saturated heterocycles. The summed E-state index contributed by atoms with van der Waals surface area (Å²) in [6.45, 7) is 1.27. The monoisotopic (exact) mass is 360 g/mol. The first-order valence-corrected chi connectivity index (χ1v) is 10.5. The zero-order valence-electron chi connectivity index (χ0n) is 14.4. The van der Waals surface area contributed by atoms with Crippen LogP contribution in [0.25, 0.3) is 5.57 Å². The molecule has 0 spiro atoms.